The van der Waals surface area contributed by atoms with Gasteiger partial charge in [0.05, 0.1) is 18.4 Å². The van der Waals surface area contributed by atoms with Crippen LogP contribution in [0.4, 0.5) is 0 Å². The summed E-state index contributed by atoms with van der Waals surface area (Å²) in [5, 5.41) is 3.49. The first-order valence-corrected chi connectivity index (χ1v) is 9.54. The van der Waals surface area contributed by atoms with Crippen LogP contribution in [0.25, 0.3) is 0 Å². The monoisotopic (exact) mass is 338 g/mol. The second kappa shape index (κ2) is 6.59. The van der Waals surface area contributed by atoms with Crippen molar-refractivity contribution in [1.82, 2.24) is 10.0 Å². The number of piperidine rings is 1. The van der Waals surface area contributed by atoms with E-state index in [4.69, 9.17) is 4.74 Å². The number of carbonyl (C=O) groups excluding carboxylic acids is 1. The molecule has 2 unspecified atom stereocenters. The highest BCUT2D eigenvalue weighted by Crippen LogP contribution is 2.27. The number of hydrogen-bond donors (Lipinski definition) is 2. The van der Waals surface area contributed by atoms with E-state index in [0.717, 1.165) is 25.7 Å². The summed E-state index contributed by atoms with van der Waals surface area (Å²) < 4.78 is 32.5. The molecule has 2 heterocycles. The van der Waals surface area contributed by atoms with Crippen molar-refractivity contribution in [3.05, 3.63) is 35.4 Å². The highest BCUT2D eigenvalue weighted by atomic mass is 32.2. The number of rotatable bonds is 5. The van der Waals surface area contributed by atoms with Crippen LogP contribution in [0.3, 0.4) is 0 Å². The Balaban J connectivity index is 1.70. The molecule has 0 spiro atoms. The average molecular weight is 338 g/mol. The summed E-state index contributed by atoms with van der Waals surface area (Å²) in [6.45, 7) is 0. The van der Waals surface area contributed by atoms with Gasteiger partial charge in [0.15, 0.2) is 0 Å². The summed E-state index contributed by atoms with van der Waals surface area (Å²) >= 11 is 0. The van der Waals surface area contributed by atoms with E-state index < -0.39 is 16.0 Å². The first kappa shape index (κ1) is 16.4. The maximum atomic E-state index is 12.5. The third kappa shape index (κ3) is 3.91. The van der Waals surface area contributed by atoms with E-state index >= 15 is 0 Å². The van der Waals surface area contributed by atoms with Gasteiger partial charge in [0, 0.05) is 18.1 Å². The smallest absolute Gasteiger partial charge is 0.338 e. The van der Waals surface area contributed by atoms with Gasteiger partial charge in [-0.2, -0.15) is 0 Å². The molecular weight excluding hydrogens is 316 g/mol. The van der Waals surface area contributed by atoms with Gasteiger partial charge in [0.2, 0.25) is 10.0 Å². The van der Waals surface area contributed by atoms with E-state index in [0.29, 0.717) is 23.2 Å². The molecular formula is C16H22N2O4S. The van der Waals surface area contributed by atoms with E-state index in [1.54, 1.807) is 24.3 Å². The quantitative estimate of drug-likeness (QED) is 0.788. The standard InChI is InChI=1S/C16H22N2O4S/c1-22-16(19)15-5-3-2-4-11(15)10-23(20,21)18-14-8-12-6-7-13(9-14)17-12/h2-5,12-14,17-18H,6-10H2,1H3. The number of sulfonamides is 1. The van der Waals surface area contributed by atoms with E-state index in [1.807, 2.05) is 0 Å². The van der Waals surface area contributed by atoms with Crippen LogP contribution in [0.2, 0.25) is 0 Å². The number of benzene rings is 1. The van der Waals surface area contributed by atoms with Gasteiger partial charge in [-0.05, 0) is 37.3 Å². The molecule has 3 rings (SSSR count). The third-order valence-electron chi connectivity index (χ3n) is 4.59. The van der Waals surface area contributed by atoms with Crippen molar-refractivity contribution in [1.29, 1.82) is 0 Å². The van der Waals surface area contributed by atoms with Crippen LogP contribution < -0.4 is 10.0 Å². The lowest BCUT2D eigenvalue weighted by Crippen LogP contribution is -2.48. The number of ether oxygens (including phenoxy) is 1. The van der Waals surface area contributed by atoms with Crippen molar-refractivity contribution in [3.63, 3.8) is 0 Å². The minimum Gasteiger partial charge on any atom is -0.465 e. The first-order chi connectivity index (χ1) is 11.0. The van der Waals surface area contributed by atoms with Crippen LogP contribution in [-0.2, 0) is 20.5 Å². The molecule has 2 N–H and O–H groups in total. The molecule has 0 radical (unpaired) electrons. The molecule has 2 fully saturated rings. The molecule has 23 heavy (non-hydrogen) atoms. The Morgan fingerprint density at radius 2 is 1.91 bits per heavy atom. The van der Waals surface area contributed by atoms with E-state index in [1.165, 1.54) is 7.11 Å². The molecule has 1 aromatic rings. The topological polar surface area (TPSA) is 84.5 Å². The lowest BCUT2D eigenvalue weighted by Gasteiger charge is -2.29. The van der Waals surface area contributed by atoms with Crippen LogP contribution in [-0.4, -0.2) is 39.6 Å². The van der Waals surface area contributed by atoms with Crippen LogP contribution in [0, 0.1) is 0 Å². The fraction of sp³-hybridized carbons (Fsp3) is 0.562. The Morgan fingerprint density at radius 3 is 2.57 bits per heavy atom. The van der Waals surface area contributed by atoms with E-state index in [9.17, 15) is 13.2 Å². The van der Waals surface area contributed by atoms with Crippen LogP contribution in [0.1, 0.15) is 41.6 Å². The third-order valence-corrected chi connectivity index (χ3v) is 5.97. The van der Waals surface area contributed by atoms with Gasteiger partial charge in [-0.25, -0.2) is 17.9 Å². The SMILES string of the molecule is COC(=O)c1ccccc1CS(=O)(=O)NC1CC2CCC(C1)N2. The predicted octanol–water partition coefficient (Wildman–Crippen LogP) is 1.18. The van der Waals surface area contributed by atoms with Gasteiger partial charge in [-0.1, -0.05) is 18.2 Å². The van der Waals surface area contributed by atoms with Crippen LogP contribution in [0.15, 0.2) is 24.3 Å². The fourth-order valence-corrected chi connectivity index (χ4v) is 5.05. The minimum atomic E-state index is -3.50. The molecule has 2 bridgehead atoms. The molecule has 6 nitrogen and oxygen atoms in total. The van der Waals surface area contributed by atoms with Crippen molar-refractivity contribution in [2.24, 2.45) is 0 Å². The number of esters is 1. The van der Waals surface area contributed by atoms with Crippen molar-refractivity contribution in [2.75, 3.05) is 7.11 Å². The van der Waals surface area contributed by atoms with Gasteiger partial charge >= 0.3 is 5.97 Å². The highest BCUT2D eigenvalue weighted by Gasteiger charge is 2.35. The summed E-state index contributed by atoms with van der Waals surface area (Å²) in [5.41, 5.74) is 0.759. The maximum absolute atomic E-state index is 12.5. The van der Waals surface area contributed by atoms with Gasteiger partial charge in [0.25, 0.3) is 0 Å². The Hall–Kier alpha value is -1.44. The van der Waals surface area contributed by atoms with E-state index in [-0.39, 0.29) is 11.8 Å². The fourth-order valence-electron chi connectivity index (χ4n) is 3.61. The minimum absolute atomic E-state index is 0.0240. The summed E-state index contributed by atoms with van der Waals surface area (Å²) in [6, 6.07) is 7.47. The molecule has 2 aliphatic heterocycles. The molecule has 126 valence electrons. The van der Waals surface area contributed by atoms with Crippen molar-refractivity contribution in [3.8, 4) is 0 Å². The molecule has 2 saturated heterocycles. The molecule has 0 saturated carbocycles. The largest absolute Gasteiger partial charge is 0.465 e. The van der Waals surface area contributed by atoms with Gasteiger partial charge in [0.1, 0.15) is 0 Å². The van der Waals surface area contributed by atoms with E-state index in [2.05, 4.69) is 10.0 Å². The zero-order valence-corrected chi connectivity index (χ0v) is 13.9. The van der Waals surface area contributed by atoms with Gasteiger partial charge in [-0.15, -0.1) is 0 Å². The normalized spacial score (nSPS) is 26.9. The number of methoxy groups -OCH3 is 1. The summed E-state index contributed by atoms with van der Waals surface area (Å²) in [6.07, 6.45) is 3.89. The zero-order valence-electron chi connectivity index (χ0n) is 13.1. The van der Waals surface area contributed by atoms with Gasteiger partial charge in [-0.3, -0.25) is 0 Å². The molecule has 0 aliphatic carbocycles. The van der Waals surface area contributed by atoms with Crippen molar-refractivity contribution in [2.45, 2.75) is 49.6 Å². The van der Waals surface area contributed by atoms with Crippen molar-refractivity contribution >= 4 is 16.0 Å². The Kier molecular flexibility index (Phi) is 4.70. The lowest BCUT2D eigenvalue weighted by atomic mass is 10.0. The maximum Gasteiger partial charge on any atom is 0.338 e. The Labute approximate surface area is 136 Å². The molecule has 2 aliphatic rings. The van der Waals surface area contributed by atoms with Crippen LogP contribution >= 0.6 is 0 Å². The molecule has 0 amide bonds. The average Bonchev–Trinajstić information content (AvgIpc) is 2.85. The summed E-state index contributed by atoms with van der Waals surface area (Å²) in [4.78, 5) is 11.8. The molecule has 0 aromatic heterocycles. The summed E-state index contributed by atoms with van der Waals surface area (Å²) in [5.74, 6) is -0.729. The number of fused-ring (bicyclic) bond motifs is 2. The second-order valence-corrected chi connectivity index (χ2v) is 8.09. The molecule has 2 atom stereocenters. The first-order valence-electron chi connectivity index (χ1n) is 7.89. The zero-order chi connectivity index (χ0) is 16.4. The molecule has 1 aromatic carbocycles. The lowest BCUT2D eigenvalue weighted by molar-refractivity contribution is 0.0600. The predicted molar refractivity (Wildman–Crippen MR) is 86.5 cm³/mol. The molecule has 7 heteroatoms. The Bertz CT molecular complexity index is 677. The van der Waals surface area contributed by atoms with Gasteiger partial charge < -0.3 is 10.1 Å². The number of hydrogen-bond acceptors (Lipinski definition) is 5. The number of carbonyl (C=O) groups is 1. The number of nitrogens with one attached hydrogen (secondary N) is 2. The van der Waals surface area contributed by atoms with Crippen molar-refractivity contribution < 1.29 is 17.9 Å². The summed E-state index contributed by atoms with van der Waals surface area (Å²) in [7, 11) is -2.21. The van der Waals surface area contributed by atoms with Crippen LogP contribution in [0.5, 0.6) is 0 Å². The second-order valence-electron chi connectivity index (χ2n) is 6.33. The highest BCUT2D eigenvalue weighted by molar-refractivity contribution is 7.88. The Morgan fingerprint density at radius 1 is 1.26 bits per heavy atom.